The molecule has 2 amide bonds. The zero-order valence-corrected chi connectivity index (χ0v) is 22.2. The lowest BCUT2D eigenvalue weighted by molar-refractivity contribution is -0.139. The molecule has 0 bridgehead atoms. The highest BCUT2D eigenvalue weighted by Crippen LogP contribution is 2.25. The lowest BCUT2D eigenvalue weighted by Crippen LogP contribution is -2.49. The van der Waals surface area contributed by atoms with Gasteiger partial charge in [0.1, 0.15) is 6.04 Å². The fourth-order valence-electron chi connectivity index (χ4n) is 3.75. The molecule has 4 nitrogen and oxygen atoms in total. The number of carbonyl (C=O) groups is 2. The minimum Gasteiger partial charge on any atom is -0.354 e. The summed E-state index contributed by atoms with van der Waals surface area (Å²) >= 11 is 14.0. The lowest BCUT2D eigenvalue weighted by atomic mass is 10.1. The fraction of sp³-hybridized carbons (Fsp3) is 0.462. The zero-order chi connectivity index (χ0) is 24.4. The van der Waals surface area contributed by atoms with Crippen molar-refractivity contribution in [2.45, 2.75) is 65.3 Å². The Labute approximate surface area is 212 Å². The number of rotatable bonds is 12. The van der Waals surface area contributed by atoms with Crippen molar-refractivity contribution in [3.8, 4) is 0 Å². The Morgan fingerprint density at radius 3 is 2.36 bits per heavy atom. The number of hydrogen-bond acceptors (Lipinski definition) is 3. The van der Waals surface area contributed by atoms with Gasteiger partial charge in [-0.1, -0.05) is 78.9 Å². The van der Waals surface area contributed by atoms with Gasteiger partial charge in [0.15, 0.2) is 0 Å². The number of hydrogen-bond donors (Lipinski definition) is 1. The van der Waals surface area contributed by atoms with E-state index in [-0.39, 0.29) is 24.1 Å². The van der Waals surface area contributed by atoms with E-state index >= 15 is 0 Å². The Balaban J connectivity index is 2.16. The van der Waals surface area contributed by atoms with Crippen molar-refractivity contribution in [2.75, 3.05) is 12.3 Å². The molecule has 0 fully saturated rings. The first-order valence-corrected chi connectivity index (χ1v) is 13.3. The number of halogens is 2. The smallest absolute Gasteiger partial charge is 0.242 e. The number of nitrogens with one attached hydrogen (secondary N) is 1. The number of amides is 2. The van der Waals surface area contributed by atoms with Gasteiger partial charge in [0.25, 0.3) is 0 Å². The maximum Gasteiger partial charge on any atom is 0.242 e. The summed E-state index contributed by atoms with van der Waals surface area (Å²) in [5.74, 6) is 0.830. The van der Waals surface area contributed by atoms with Gasteiger partial charge < -0.3 is 10.2 Å². The molecule has 33 heavy (non-hydrogen) atoms. The molecule has 0 spiro atoms. The van der Waals surface area contributed by atoms with Crippen molar-refractivity contribution >= 4 is 46.8 Å². The Morgan fingerprint density at radius 1 is 1.06 bits per heavy atom. The van der Waals surface area contributed by atoms with Gasteiger partial charge in [0.05, 0.1) is 5.75 Å². The van der Waals surface area contributed by atoms with E-state index in [9.17, 15) is 9.59 Å². The monoisotopic (exact) mass is 508 g/mol. The summed E-state index contributed by atoms with van der Waals surface area (Å²) in [6.45, 7) is 9.03. The van der Waals surface area contributed by atoms with Gasteiger partial charge in [0.2, 0.25) is 11.8 Å². The Kier molecular flexibility index (Phi) is 11.6. The van der Waals surface area contributed by atoms with Crippen molar-refractivity contribution in [1.82, 2.24) is 10.2 Å². The molecule has 2 rings (SSSR count). The van der Waals surface area contributed by atoms with Crippen molar-refractivity contribution < 1.29 is 9.59 Å². The number of benzene rings is 2. The van der Waals surface area contributed by atoms with E-state index in [4.69, 9.17) is 23.2 Å². The molecule has 7 heteroatoms. The number of carbonyl (C=O) groups excluding carboxylic acids is 2. The molecule has 2 aromatic rings. The number of unbranched alkanes of at least 4 members (excludes halogenated alkanes) is 1. The van der Waals surface area contributed by atoms with E-state index in [0.717, 1.165) is 24.2 Å². The summed E-state index contributed by atoms with van der Waals surface area (Å²) < 4.78 is 0. The van der Waals surface area contributed by atoms with Crippen LogP contribution >= 0.6 is 35.0 Å². The molecular formula is C26H34Cl2N2O2S. The van der Waals surface area contributed by atoms with Crippen LogP contribution in [0, 0.1) is 13.8 Å². The van der Waals surface area contributed by atoms with Gasteiger partial charge in [-0.2, -0.15) is 0 Å². The highest BCUT2D eigenvalue weighted by molar-refractivity contribution is 7.99. The van der Waals surface area contributed by atoms with Crippen LogP contribution < -0.4 is 5.32 Å². The second kappa shape index (κ2) is 13.9. The van der Waals surface area contributed by atoms with Gasteiger partial charge in [-0.05, 0) is 49.9 Å². The number of aryl methyl sites for hydroxylation is 2. The van der Waals surface area contributed by atoms with Gasteiger partial charge in [-0.25, -0.2) is 0 Å². The van der Waals surface area contributed by atoms with E-state index in [1.807, 2.05) is 13.0 Å². The average Bonchev–Trinajstić information content (AvgIpc) is 2.74. The third-order valence-corrected chi connectivity index (χ3v) is 6.92. The van der Waals surface area contributed by atoms with Gasteiger partial charge >= 0.3 is 0 Å². The Morgan fingerprint density at radius 2 is 1.76 bits per heavy atom. The second-order valence-corrected chi connectivity index (χ2v) is 10.1. The predicted octanol–water partition coefficient (Wildman–Crippen LogP) is 6.57. The lowest BCUT2D eigenvalue weighted by Gasteiger charge is -2.31. The van der Waals surface area contributed by atoms with Crippen LogP contribution in [0.4, 0.5) is 0 Å². The molecule has 0 saturated heterocycles. The second-order valence-electron chi connectivity index (χ2n) is 8.31. The maximum absolute atomic E-state index is 13.3. The first kappa shape index (κ1) is 27.6. The summed E-state index contributed by atoms with van der Waals surface area (Å²) in [5, 5.41) is 4.01. The third-order valence-electron chi connectivity index (χ3n) is 5.35. The normalized spacial score (nSPS) is 11.8. The quantitative estimate of drug-likeness (QED) is 0.330. The Bertz CT molecular complexity index is 932. The number of thioether (sulfide) groups is 1. The highest BCUT2D eigenvalue weighted by Gasteiger charge is 2.28. The molecule has 2 aromatic carbocycles. The molecule has 0 saturated carbocycles. The largest absolute Gasteiger partial charge is 0.354 e. The Hall–Kier alpha value is -1.69. The molecule has 1 N–H and O–H groups in total. The standard InChI is InChI=1S/C26H34Cl2N2O2S/c1-5-7-10-29-26(32)24(6-2)30(15-21-8-9-22(27)14-23(21)28)25(31)17-33-16-20-12-18(3)11-19(4)13-20/h8-9,11-14,24H,5-7,10,15-17H2,1-4H3,(H,29,32)/t24-/m1/s1. The summed E-state index contributed by atoms with van der Waals surface area (Å²) in [7, 11) is 0. The first-order valence-electron chi connectivity index (χ1n) is 11.4. The molecule has 0 radical (unpaired) electrons. The summed E-state index contributed by atoms with van der Waals surface area (Å²) in [4.78, 5) is 27.9. The molecular weight excluding hydrogens is 475 g/mol. The van der Waals surface area contributed by atoms with E-state index in [0.29, 0.717) is 23.0 Å². The van der Waals surface area contributed by atoms with Gasteiger partial charge in [0, 0.05) is 28.9 Å². The highest BCUT2D eigenvalue weighted by atomic mass is 35.5. The summed E-state index contributed by atoms with van der Waals surface area (Å²) in [6, 6.07) is 11.1. The van der Waals surface area contributed by atoms with Crippen molar-refractivity contribution in [3.05, 3.63) is 68.7 Å². The fourth-order valence-corrected chi connectivity index (χ4v) is 5.06. The number of nitrogens with zero attached hydrogens (tertiary/aromatic N) is 1. The molecule has 0 unspecified atom stereocenters. The van der Waals surface area contributed by atoms with Gasteiger partial charge in [-0.15, -0.1) is 11.8 Å². The maximum atomic E-state index is 13.3. The summed E-state index contributed by atoms with van der Waals surface area (Å²) in [5.41, 5.74) is 4.40. The van der Waals surface area contributed by atoms with E-state index < -0.39 is 6.04 Å². The van der Waals surface area contributed by atoms with Crippen LogP contribution in [0.2, 0.25) is 10.0 Å². The first-order chi connectivity index (χ1) is 15.7. The molecule has 0 aliphatic rings. The van der Waals surface area contributed by atoms with Crippen LogP contribution in [0.25, 0.3) is 0 Å². The zero-order valence-electron chi connectivity index (χ0n) is 19.9. The van der Waals surface area contributed by atoms with Crippen LogP contribution in [0.15, 0.2) is 36.4 Å². The van der Waals surface area contributed by atoms with Crippen LogP contribution in [0.1, 0.15) is 55.4 Å². The predicted molar refractivity (Wildman–Crippen MR) is 141 cm³/mol. The molecule has 180 valence electrons. The van der Waals surface area contributed by atoms with Gasteiger partial charge in [-0.3, -0.25) is 9.59 Å². The topological polar surface area (TPSA) is 49.4 Å². The van der Waals surface area contributed by atoms with E-state index in [1.165, 1.54) is 16.7 Å². The minimum atomic E-state index is -0.553. The molecule has 0 aliphatic carbocycles. The van der Waals surface area contributed by atoms with Crippen LogP contribution in [-0.2, 0) is 21.9 Å². The van der Waals surface area contributed by atoms with Crippen LogP contribution in [0.3, 0.4) is 0 Å². The SMILES string of the molecule is CCCCNC(=O)[C@@H](CC)N(Cc1ccc(Cl)cc1Cl)C(=O)CSCc1cc(C)cc(C)c1. The van der Waals surface area contributed by atoms with Crippen molar-refractivity contribution in [1.29, 1.82) is 0 Å². The van der Waals surface area contributed by atoms with Crippen molar-refractivity contribution in [3.63, 3.8) is 0 Å². The van der Waals surface area contributed by atoms with E-state index in [2.05, 4.69) is 44.3 Å². The van der Waals surface area contributed by atoms with Crippen LogP contribution in [-0.4, -0.2) is 35.1 Å². The molecule has 0 aliphatic heterocycles. The van der Waals surface area contributed by atoms with Crippen molar-refractivity contribution in [2.24, 2.45) is 0 Å². The van der Waals surface area contributed by atoms with Crippen LogP contribution in [0.5, 0.6) is 0 Å². The third kappa shape index (κ3) is 8.88. The molecule has 0 aromatic heterocycles. The minimum absolute atomic E-state index is 0.0760. The molecule has 1 atom stereocenters. The average molecular weight is 510 g/mol. The van der Waals surface area contributed by atoms with E-state index in [1.54, 1.807) is 28.8 Å². The molecule has 0 heterocycles. The summed E-state index contributed by atoms with van der Waals surface area (Å²) in [6.07, 6.45) is 2.43.